The lowest BCUT2D eigenvalue weighted by Crippen LogP contribution is -2.41. The van der Waals surface area contributed by atoms with Gasteiger partial charge in [-0.15, -0.1) is 0 Å². The largest absolute Gasteiger partial charge is 0.358 e. The Labute approximate surface area is 89.9 Å². The molecule has 1 aromatic heterocycles. The molecule has 0 radical (unpaired) electrons. The summed E-state index contributed by atoms with van der Waals surface area (Å²) in [5, 5.41) is 9.89. The van der Waals surface area contributed by atoms with Crippen molar-refractivity contribution in [1.29, 1.82) is 0 Å². The molecule has 0 aliphatic carbocycles. The maximum absolute atomic E-state index is 11.3. The van der Waals surface area contributed by atoms with Crippen LogP contribution in [0.15, 0.2) is 12.4 Å². The lowest BCUT2D eigenvalue weighted by Gasteiger charge is -2.17. The second-order valence-electron chi connectivity index (χ2n) is 3.67. The highest BCUT2D eigenvalue weighted by Gasteiger charge is 2.15. The zero-order chi connectivity index (χ0) is 11.4. The van der Waals surface area contributed by atoms with E-state index in [1.54, 1.807) is 17.9 Å². The number of carbonyl (C=O) groups excluding carboxylic acids is 1. The lowest BCUT2D eigenvalue weighted by molar-refractivity contribution is -0.122. The first-order valence-electron chi connectivity index (χ1n) is 5.00. The summed E-state index contributed by atoms with van der Waals surface area (Å²) < 4.78 is 1.75. The fraction of sp³-hybridized carbons (Fsp3) is 0.600. The Bertz CT molecular complexity index is 334. The van der Waals surface area contributed by atoms with Gasteiger partial charge in [0.2, 0.25) is 5.91 Å². The van der Waals surface area contributed by atoms with E-state index >= 15 is 0 Å². The van der Waals surface area contributed by atoms with E-state index in [-0.39, 0.29) is 18.0 Å². The zero-order valence-electron chi connectivity index (χ0n) is 9.61. The van der Waals surface area contributed by atoms with Crippen molar-refractivity contribution in [3.8, 4) is 0 Å². The molecule has 0 bridgehead atoms. The van der Waals surface area contributed by atoms with E-state index in [4.69, 9.17) is 0 Å². The van der Waals surface area contributed by atoms with Crippen LogP contribution in [0.1, 0.15) is 25.5 Å². The van der Waals surface area contributed by atoms with Gasteiger partial charge in [0.15, 0.2) is 0 Å². The van der Waals surface area contributed by atoms with E-state index in [1.165, 1.54) is 0 Å². The van der Waals surface area contributed by atoms with Crippen LogP contribution in [0.5, 0.6) is 0 Å². The van der Waals surface area contributed by atoms with Gasteiger partial charge in [0.05, 0.1) is 12.2 Å². The Kier molecular flexibility index (Phi) is 3.85. The Balaban J connectivity index is 2.55. The van der Waals surface area contributed by atoms with Crippen LogP contribution in [-0.4, -0.2) is 28.8 Å². The lowest BCUT2D eigenvalue weighted by atomic mass is 10.1. The molecule has 5 heteroatoms. The number of likely N-dealkylation sites (N-methyl/N-ethyl adjacent to an activating group) is 1. The monoisotopic (exact) mass is 210 g/mol. The summed E-state index contributed by atoms with van der Waals surface area (Å²) in [6.07, 6.45) is 3.74. The normalized spacial score (nSPS) is 14.7. The van der Waals surface area contributed by atoms with E-state index in [1.807, 2.05) is 27.1 Å². The van der Waals surface area contributed by atoms with Crippen LogP contribution < -0.4 is 10.6 Å². The average Bonchev–Trinajstić information content (AvgIpc) is 2.63. The second-order valence-corrected chi connectivity index (χ2v) is 3.67. The molecule has 2 atom stereocenters. The van der Waals surface area contributed by atoms with Crippen LogP contribution in [0.4, 0.5) is 0 Å². The molecule has 0 aromatic carbocycles. The standard InChI is InChI=1S/C10H18N4O/c1-7(9-5-12-14(4)6-9)13-8(2)10(15)11-3/h5-8,13H,1-4H3,(H,11,15). The molecule has 15 heavy (non-hydrogen) atoms. The molecule has 2 unspecified atom stereocenters. The Morgan fingerprint density at radius 1 is 1.53 bits per heavy atom. The SMILES string of the molecule is CNC(=O)C(C)NC(C)c1cnn(C)c1. The van der Waals surface area contributed by atoms with Gasteiger partial charge in [0.25, 0.3) is 0 Å². The average molecular weight is 210 g/mol. The molecular formula is C10H18N4O. The number of nitrogens with zero attached hydrogens (tertiary/aromatic N) is 2. The van der Waals surface area contributed by atoms with Crippen LogP contribution in [0.2, 0.25) is 0 Å². The Hall–Kier alpha value is -1.36. The molecule has 0 aliphatic heterocycles. The van der Waals surface area contributed by atoms with Crippen molar-refractivity contribution in [1.82, 2.24) is 20.4 Å². The molecule has 1 aromatic rings. The molecule has 1 rings (SSSR count). The number of aryl methyl sites for hydroxylation is 1. The summed E-state index contributed by atoms with van der Waals surface area (Å²) in [6.45, 7) is 3.85. The first-order chi connectivity index (χ1) is 7.04. The van der Waals surface area contributed by atoms with Gasteiger partial charge in [0.1, 0.15) is 0 Å². The first kappa shape index (κ1) is 11.7. The van der Waals surface area contributed by atoms with Gasteiger partial charge in [-0.2, -0.15) is 5.10 Å². The number of hydrogen-bond donors (Lipinski definition) is 2. The summed E-state index contributed by atoms with van der Waals surface area (Å²) >= 11 is 0. The maximum Gasteiger partial charge on any atom is 0.236 e. The highest BCUT2D eigenvalue weighted by molar-refractivity contribution is 5.80. The van der Waals surface area contributed by atoms with Gasteiger partial charge in [-0.1, -0.05) is 0 Å². The van der Waals surface area contributed by atoms with Crippen LogP contribution >= 0.6 is 0 Å². The number of hydrogen-bond acceptors (Lipinski definition) is 3. The highest BCUT2D eigenvalue weighted by Crippen LogP contribution is 2.10. The summed E-state index contributed by atoms with van der Waals surface area (Å²) in [5.41, 5.74) is 1.08. The van der Waals surface area contributed by atoms with Crippen molar-refractivity contribution in [2.24, 2.45) is 7.05 Å². The molecule has 1 amide bonds. The van der Waals surface area contributed by atoms with Crippen molar-refractivity contribution in [3.05, 3.63) is 18.0 Å². The van der Waals surface area contributed by atoms with Gasteiger partial charge in [0, 0.05) is 31.9 Å². The highest BCUT2D eigenvalue weighted by atomic mass is 16.2. The molecule has 0 fully saturated rings. The van der Waals surface area contributed by atoms with Gasteiger partial charge < -0.3 is 5.32 Å². The van der Waals surface area contributed by atoms with Crippen LogP contribution in [0.25, 0.3) is 0 Å². The molecule has 0 aliphatic rings. The molecule has 5 nitrogen and oxygen atoms in total. The van der Waals surface area contributed by atoms with Gasteiger partial charge in [-0.05, 0) is 13.8 Å². The van der Waals surface area contributed by atoms with E-state index < -0.39 is 0 Å². The number of amides is 1. The number of carbonyl (C=O) groups is 1. The molecule has 0 saturated carbocycles. The Morgan fingerprint density at radius 3 is 2.67 bits per heavy atom. The topological polar surface area (TPSA) is 59.0 Å². The minimum atomic E-state index is -0.204. The van der Waals surface area contributed by atoms with Gasteiger partial charge in [-0.3, -0.25) is 14.8 Å². The van der Waals surface area contributed by atoms with E-state index in [0.717, 1.165) is 5.56 Å². The molecule has 0 saturated heterocycles. The first-order valence-corrected chi connectivity index (χ1v) is 5.00. The molecule has 84 valence electrons. The molecule has 1 heterocycles. The van der Waals surface area contributed by atoms with Crippen molar-refractivity contribution in [2.45, 2.75) is 25.9 Å². The third-order valence-corrected chi connectivity index (χ3v) is 2.36. The molecule has 2 N–H and O–H groups in total. The quantitative estimate of drug-likeness (QED) is 0.746. The van der Waals surface area contributed by atoms with Gasteiger partial charge in [-0.25, -0.2) is 0 Å². The molecule has 0 spiro atoms. The van der Waals surface area contributed by atoms with Crippen molar-refractivity contribution in [2.75, 3.05) is 7.05 Å². The van der Waals surface area contributed by atoms with E-state index in [2.05, 4.69) is 15.7 Å². The van der Waals surface area contributed by atoms with Crippen molar-refractivity contribution >= 4 is 5.91 Å². The maximum atomic E-state index is 11.3. The fourth-order valence-electron chi connectivity index (χ4n) is 1.43. The van der Waals surface area contributed by atoms with Crippen LogP contribution in [0.3, 0.4) is 0 Å². The number of aromatic nitrogens is 2. The van der Waals surface area contributed by atoms with Gasteiger partial charge >= 0.3 is 0 Å². The second kappa shape index (κ2) is 4.93. The Morgan fingerprint density at radius 2 is 2.20 bits per heavy atom. The third-order valence-electron chi connectivity index (χ3n) is 2.36. The zero-order valence-corrected chi connectivity index (χ0v) is 9.61. The summed E-state index contributed by atoms with van der Waals surface area (Å²) in [5.74, 6) is -0.00857. The third kappa shape index (κ3) is 3.06. The smallest absolute Gasteiger partial charge is 0.236 e. The van der Waals surface area contributed by atoms with E-state index in [9.17, 15) is 4.79 Å². The summed E-state index contributed by atoms with van der Waals surface area (Å²) in [7, 11) is 3.51. The predicted molar refractivity (Wildman–Crippen MR) is 58.3 cm³/mol. The van der Waals surface area contributed by atoms with E-state index in [0.29, 0.717) is 0 Å². The number of nitrogens with one attached hydrogen (secondary N) is 2. The van der Waals surface area contributed by atoms with Crippen molar-refractivity contribution < 1.29 is 4.79 Å². The molecular weight excluding hydrogens is 192 g/mol. The number of rotatable bonds is 4. The van der Waals surface area contributed by atoms with Crippen LogP contribution in [-0.2, 0) is 11.8 Å². The van der Waals surface area contributed by atoms with Crippen molar-refractivity contribution in [3.63, 3.8) is 0 Å². The summed E-state index contributed by atoms with van der Waals surface area (Å²) in [6, 6.07) is -0.0868. The summed E-state index contributed by atoms with van der Waals surface area (Å²) in [4.78, 5) is 11.3. The fourth-order valence-corrected chi connectivity index (χ4v) is 1.43. The minimum absolute atomic E-state index is 0.00857. The minimum Gasteiger partial charge on any atom is -0.358 e. The van der Waals surface area contributed by atoms with Crippen LogP contribution in [0, 0.1) is 0 Å². The predicted octanol–water partition coefficient (Wildman–Crippen LogP) is 0.205.